The summed E-state index contributed by atoms with van der Waals surface area (Å²) < 4.78 is 46.7. The minimum atomic E-state index is -4.92. The standard InChI is InChI=1S/C13H11F3N2O3/c1-2-20-12(19)11-10(21-13(14,15)16)8-18(17-11)9-6-4-3-5-7-9/h3-8H,2H2,1H3. The average Bonchev–Trinajstić information content (AvgIpc) is 2.82. The molecule has 0 saturated heterocycles. The number of rotatable bonds is 4. The molecule has 2 rings (SSSR count). The highest BCUT2D eigenvalue weighted by Gasteiger charge is 2.35. The molecular formula is C13H11F3N2O3. The second kappa shape index (κ2) is 5.86. The van der Waals surface area contributed by atoms with Crippen molar-refractivity contribution in [1.29, 1.82) is 0 Å². The average molecular weight is 300 g/mol. The molecule has 5 nitrogen and oxygen atoms in total. The zero-order chi connectivity index (χ0) is 15.5. The number of halogens is 3. The lowest BCUT2D eigenvalue weighted by atomic mass is 10.3. The van der Waals surface area contributed by atoms with Crippen LogP contribution in [0, 0.1) is 0 Å². The first-order valence-electron chi connectivity index (χ1n) is 5.98. The summed E-state index contributed by atoms with van der Waals surface area (Å²) in [6.07, 6.45) is -3.94. The Bertz CT molecular complexity index is 623. The van der Waals surface area contributed by atoms with Crippen molar-refractivity contribution >= 4 is 5.97 Å². The summed E-state index contributed by atoms with van der Waals surface area (Å²) in [4.78, 5) is 11.7. The van der Waals surface area contributed by atoms with Crippen LogP contribution in [0.1, 0.15) is 17.4 Å². The molecule has 0 atom stereocenters. The fraction of sp³-hybridized carbons (Fsp3) is 0.231. The van der Waals surface area contributed by atoms with Gasteiger partial charge in [-0.2, -0.15) is 5.10 Å². The topological polar surface area (TPSA) is 53.3 Å². The summed E-state index contributed by atoms with van der Waals surface area (Å²) in [5.74, 6) is -1.68. The first-order chi connectivity index (χ1) is 9.90. The van der Waals surface area contributed by atoms with E-state index in [2.05, 4.69) is 14.6 Å². The molecule has 0 N–H and O–H groups in total. The third kappa shape index (κ3) is 3.74. The van der Waals surface area contributed by atoms with E-state index in [1.165, 1.54) is 6.92 Å². The second-order valence-corrected chi connectivity index (χ2v) is 3.89. The molecule has 2 aromatic rings. The van der Waals surface area contributed by atoms with E-state index >= 15 is 0 Å². The van der Waals surface area contributed by atoms with Crippen LogP contribution in [0.5, 0.6) is 5.75 Å². The number of hydrogen-bond acceptors (Lipinski definition) is 4. The maximum atomic E-state index is 12.4. The number of benzene rings is 1. The first kappa shape index (κ1) is 14.9. The van der Waals surface area contributed by atoms with Gasteiger partial charge in [0.1, 0.15) is 0 Å². The maximum Gasteiger partial charge on any atom is 0.573 e. The first-order valence-corrected chi connectivity index (χ1v) is 5.98. The fourth-order valence-corrected chi connectivity index (χ4v) is 1.61. The van der Waals surface area contributed by atoms with Crippen molar-refractivity contribution in [3.8, 4) is 11.4 Å². The molecule has 0 saturated carbocycles. The molecule has 0 aliphatic carbocycles. The Labute approximate surface area is 117 Å². The van der Waals surface area contributed by atoms with E-state index in [0.29, 0.717) is 5.69 Å². The van der Waals surface area contributed by atoms with E-state index in [-0.39, 0.29) is 6.61 Å². The predicted molar refractivity (Wildman–Crippen MR) is 66.2 cm³/mol. The van der Waals surface area contributed by atoms with Crippen LogP contribution in [0.25, 0.3) is 5.69 Å². The van der Waals surface area contributed by atoms with Crippen LogP contribution in [0.2, 0.25) is 0 Å². The monoisotopic (exact) mass is 300 g/mol. The van der Waals surface area contributed by atoms with Crippen molar-refractivity contribution in [2.75, 3.05) is 6.61 Å². The van der Waals surface area contributed by atoms with Crippen LogP contribution >= 0.6 is 0 Å². The molecule has 0 unspecified atom stereocenters. The highest BCUT2D eigenvalue weighted by molar-refractivity contribution is 5.90. The summed E-state index contributed by atoms with van der Waals surface area (Å²) >= 11 is 0. The Morgan fingerprint density at radius 1 is 1.29 bits per heavy atom. The summed E-state index contributed by atoms with van der Waals surface area (Å²) in [5.41, 5.74) is -0.0434. The number of nitrogens with zero attached hydrogens (tertiary/aromatic N) is 2. The van der Waals surface area contributed by atoms with Gasteiger partial charge in [-0.25, -0.2) is 9.48 Å². The molecule has 0 bridgehead atoms. The van der Waals surface area contributed by atoms with Crippen LogP contribution in [0.3, 0.4) is 0 Å². The Balaban J connectivity index is 2.42. The van der Waals surface area contributed by atoms with Gasteiger partial charge in [-0.3, -0.25) is 0 Å². The minimum Gasteiger partial charge on any atom is -0.461 e. The predicted octanol–water partition coefficient (Wildman–Crippen LogP) is 2.95. The molecule has 8 heteroatoms. The van der Waals surface area contributed by atoms with Gasteiger partial charge in [0.25, 0.3) is 0 Å². The molecule has 0 spiro atoms. The number of ether oxygens (including phenoxy) is 2. The van der Waals surface area contributed by atoms with Crippen molar-refractivity contribution in [3.63, 3.8) is 0 Å². The summed E-state index contributed by atoms with van der Waals surface area (Å²) in [5, 5.41) is 3.80. The number of esters is 1. The van der Waals surface area contributed by atoms with Crippen LogP contribution < -0.4 is 4.74 Å². The Kier molecular flexibility index (Phi) is 4.15. The Morgan fingerprint density at radius 3 is 2.52 bits per heavy atom. The minimum absolute atomic E-state index is 0.0164. The van der Waals surface area contributed by atoms with Gasteiger partial charge in [0.15, 0.2) is 5.75 Å². The van der Waals surface area contributed by atoms with Gasteiger partial charge in [0, 0.05) is 0 Å². The molecule has 0 radical (unpaired) electrons. The van der Waals surface area contributed by atoms with Gasteiger partial charge in [-0.05, 0) is 19.1 Å². The van der Waals surface area contributed by atoms with Crippen molar-refractivity contribution in [2.24, 2.45) is 0 Å². The maximum absolute atomic E-state index is 12.4. The van der Waals surface area contributed by atoms with Crippen LogP contribution in [-0.4, -0.2) is 28.7 Å². The fourth-order valence-electron chi connectivity index (χ4n) is 1.61. The van der Waals surface area contributed by atoms with Gasteiger partial charge in [-0.1, -0.05) is 18.2 Å². The zero-order valence-corrected chi connectivity index (χ0v) is 10.9. The zero-order valence-electron chi connectivity index (χ0n) is 10.9. The lowest BCUT2D eigenvalue weighted by Crippen LogP contribution is -2.19. The largest absolute Gasteiger partial charge is 0.573 e. The highest BCUT2D eigenvalue weighted by atomic mass is 19.4. The van der Waals surface area contributed by atoms with Crippen molar-refractivity contribution < 1.29 is 27.4 Å². The summed E-state index contributed by atoms with van der Waals surface area (Å²) in [6, 6.07) is 8.36. The van der Waals surface area contributed by atoms with E-state index in [1.807, 2.05) is 0 Å². The molecule has 0 amide bonds. The Morgan fingerprint density at radius 2 is 1.95 bits per heavy atom. The summed E-state index contributed by atoms with van der Waals surface area (Å²) in [7, 11) is 0. The molecule has 1 aromatic heterocycles. The number of carbonyl (C=O) groups excluding carboxylic acids is 1. The molecule has 0 aliphatic heterocycles. The smallest absolute Gasteiger partial charge is 0.461 e. The number of para-hydroxylation sites is 1. The van der Waals surface area contributed by atoms with Gasteiger partial charge in [-0.15, -0.1) is 13.2 Å². The molecule has 21 heavy (non-hydrogen) atoms. The molecule has 0 fully saturated rings. The Hall–Kier alpha value is -2.51. The van der Waals surface area contributed by atoms with E-state index in [9.17, 15) is 18.0 Å². The van der Waals surface area contributed by atoms with E-state index < -0.39 is 23.8 Å². The highest BCUT2D eigenvalue weighted by Crippen LogP contribution is 2.27. The lowest BCUT2D eigenvalue weighted by Gasteiger charge is -2.07. The van der Waals surface area contributed by atoms with Crippen LogP contribution in [0.15, 0.2) is 36.5 Å². The normalized spacial score (nSPS) is 11.2. The molecule has 1 heterocycles. The quantitative estimate of drug-likeness (QED) is 0.815. The van der Waals surface area contributed by atoms with Crippen LogP contribution in [-0.2, 0) is 4.74 Å². The van der Waals surface area contributed by atoms with E-state index in [4.69, 9.17) is 0 Å². The van der Waals surface area contributed by atoms with Crippen molar-refractivity contribution in [2.45, 2.75) is 13.3 Å². The number of aromatic nitrogens is 2. The van der Waals surface area contributed by atoms with Gasteiger partial charge >= 0.3 is 12.3 Å². The van der Waals surface area contributed by atoms with Gasteiger partial charge in [0.05, 0.1) is 18.5 Å². The lowest BCUT2D eigenvalue weighted by molar-refractivity contribution is -0.274. The van der Waals surface area contributed by atoms with Crippen LogP contribution in [0.4, 0.5) is 13.2 Å². The van der Waals surface area contributed by atoms with Crippen molar-refractivity contribution in [1.82, 2.24) is 9.78 Å². The molecule has 0 aliphatic rings. The molecular weight excluding hydrogens is 289 g/mol. The summed E-state index contributed by atoms with van der Waals surface area (Å²) in [6.45, 7) is 1.55. The second-order valence-electron chi connectivity index (χ2n) is 3.89. The number of carbonyl (C=O) groups is 1. The molecule has 112 valence electrons. The third-order valence-corrected chi connectivity index (χ3v) is 2.40. The van der Waals surface area contributed by atoms with Crippen molar-refractivity contribution in [3.05, 3.63) is 42.2 Å². The number of alkyl halides is 3. The van der Waals surface area contributed by atoms with Gasteiger partial charge in [0.2, 0.25) is 5.69 Å². The molecule has 1 aromatic carbocycles. The number of hydrogen-bond donors (Lipinski definition) is 0. The SMILES string of the molecule is CCOC(=O)c1nn(-c2ccccc2)cc1OC(F)(F)F. The van der Waals surface area contributed by atoms with E-state index in [0.717, 1.165) is 10.9 Å². The van der Waals surface area contributed by atoms with Gasteiger partial charge < -0.3 is 9.47 Å². The van der Waals surface area contributed by atoms with E-state index in [1.54, 1.807) is 30.3 Å². The third-order valence-electron chi connectivity index (χ3n) is 2.40.